The minimum Gasteiger partial charge on any atom is -0.396 e. The van der Waals surface area contributed by atoms with Gasteiger partial charge in [0, 0.05) is 36.4 Å². The maximum absolute atomic E-state index is 13.4. The monoisotopic (exact) mass is 423 g/mol. The molecule has 0 bridgehead atoms. The number of carbonyl (C=O) groups excluding carboxylic acids is 1. The molecular formula is C24H26FN3O3. The van der Waals surface area contributed by atoms with Crippen molar-refractivity contribution in [2.75, 3.05) is 6.61 Å². The Bertz CT molecular complexity index is 1150. The number of carbonyl (C=O) groups is 1. The lowest BCUT2D eigenvalue weighted by Crippen LogP contribution is -2.35. The highest BCUT2D eigenvalue weighted by Gasteiger charge is 2.17. The van der Waals surface area contributed by atoms with Gasteiger partial charge in [-0.25, -0.2) is 9.37 Å². The van der Waals surface area contributed by atoms with E-state index in [2.05, 4.69) is 10.3 Å². The van der Waals surface area contributed by atoms with Crippen molar-refractivity contribution in [2.45, 2.75) is 40.3 Å². The summed E-state index contributed by atoms with van der Waals surface area (Å²) in [5.41, 5.74) is 4.25. The van der Waals surface area contributed by atoms with E-state index in [1.165, 1.54) is 34.4 Å². The van der Waals surface area contributed by atoms with Crippen LogP contribution in [0.1, 0.15) is 27.9 Å². The summed E-state index contributed by atoms with van der Waals surface area (Å²) in [6.45, 7) is 5.62. The summed E-state index contributed by atoms with van der Waals surface area (Å²) in [5.74, 6) is -0.466. The Kier molecular flexibility index (Phi) is 6.97. The Hall–Kier alpha value is -3.32. The van der Waals surface area contributed by atoms with Crippen LogP contribution in [0.15, 0.2) is 47.3 Å². The van der Waals surface area contributed by atoms with Gasteiger partial charge in [-0.3, -0.25) is 14.2 Å². The first-order valence-electron chi connectivity index (χ1n) is 10.1. The van der Waals surface area contributed by atoms with E-state index in [0.717, 1.165) is 11.1 Å². The van der Waals surface area contributed by atoms with Crippen LogP contribution < -0.4 is 10.9 Å². The van der Waals surface area contributed by atoms with E-state index in [9.17, 15) is 19.1 Å². The van der Waals surface area contributed by atoms with Gasteiger partial charge in [0.05, 0.1) is 0 Å². The van der Waals surface area contributed by atoms with Crippen molar-refractivity contribution in [1.29, 1.82) is 0 Å². The zero-order chi connectivity index (χ0) is 22.5. The molecule has 1 amide bonds. The highest BCUT2D eigenvalue weighted by atomic mass is 19.1. The second kappa shape index (κ2) is 9.66. The van der Waals surface area contributed by atoms with Crippen LogP contribution >= 0.6 is 0 Å². The first-order chi connectivity index (χ1) is 14.8. The van der Waals surface area contributed by atoms with E-state index in [1.807, 2.05) is 32.0 Å². The van der Waals surface area contributed by atoms with E-state index >= 15 is 0 Å². The molecule has 3 aromatic rings. The van der Waals surface area contributed by atoms with Gasteiger partial charge >= 0.3 is 0 Å². The first kappa shape index (κ1) is 22.4. The van der Waals surface area contributed by atoms with Crippen LogP contribution in [0.5, 0.6) is 0 Å². The fourth-order valence-electron chi connectivity index (χ4n) is 3.38. The van der Waals surface area contributed by atoms with Crippen LogP contribution in [0.25, 0.3) is 11.4 Å². The predicted molar refractivity (Wildman–Crippen MR) is 117 cm³/mol. The van der Waals surface area contributed by atoms with Crippen LogP contribution in [0, 0.1) is 26.6 Å². The van der Waals surface area contributed by atoms with Crippen molar-refractivity contribution in [3.8, 4) is 11.4 Å². The molecule has 2 aromatic carbocycles. The fourth-order valence-corrected chi connectivity index (χ4v) is 3.38. The summed E-state index contributed by atoms with van der Waals surface area (Å²) >= 11 is 0. The highest BCUT2D eigenvalue weighted by molar-refractivity contribution is 5.76. The molecule has 162 valence electrons. The zero-order valence-electron chi connectivity index (χ0n) is 17.9. The van der Waals surface area contributed by atoms with Crippen molar-refractivity contribution in [3.63, 3.8) is 0 Å². The molecule has 0 atom stereocenters. The third-order valence-corrected chi connectivity index (χ3v) is 5.30. The lowest BCUT2D eigenvalue weighted by molar-refractivity contribution is -0.121. The van der Waals surface area contributed by atoms with Crippen LogP contribution in [0.3, 0.4) is 0 Å². The number of nitrogens with zero attached hydrogens (tertiary/aromatic N) is 2. The first-order valence-corrected chi connectivity index (χ1v) is 10.1. The number of nitrogens with one attached hydrogen (secondary N) is 1. The Morgan fingerprint density at radius 2 is 1.81 bits per heavy atom. The zero-order valence-corrected chi connectivity index (χ0v) is 17.9. The Labute approximate surface area is 180 Å². The Balaban J connectivity index is 1.91. The standard InChI is InChI=1S/C24H26FN3O3/c1-15-4-5-18(12-16(15)2)13-26-22(30)14-28-23(19-6-8-20(25)9-7-19)27-17(3)21(10-11-29)24(28)31/h4-9,12,29H,10-11,13-14H2,1-3H3,(H,26,30). The van der Waals surface area contributed by atoms with Gasteiger partial charge in [-0.1, -0.05) is 18.2 Å². The molecule has 6 nitrogen and oxygen atoms in total. The number of rotatable bonds is 7. The summed E-state index contributed by atoms with van der Waals surface area (Å²) < 4.78 is 14.6. The van der Waals surface area contributed by atoms with Crippen molar-refractivity contribution in [2.24, 2.45) is 0 Å². The van der Waals surface area contributed by atoms with Gasteiger partial charge in [0.2, 0.25) is 5.91 Å². The molecule has 7 heteroatoms. The number of aryl methyl sites for hydroxylation is 3. The molecule has 0 spiro atoms. The van der Waals surface area contributed by atoms with E-state index in [-0.39, 0.29) is 36.9 Å². The van der Waals surface area contributed by atoms with Crippen LogP contribution in [-0.2, 0) is 24.3 Å². The fraction of sp³-hybridized carbons (Fsp3) is 0.292. The largest absolute Gasteiger partial charge is 0.396 e. The summed E-state index contributed by atoms with van der Waals surface area (Å²) in [5, 5.41) is 12.2. The van der Waals surface area contributed by atoms with Gasteiger partial charge in [-0.05, 0) is 61.7 Å². The van der Waals surface area contributed by atoms with Crippen LogP contribution in [0.2, 0.25) is 0 Å². The van der Waals surface area contributed by atoms with E-state index in [4.69, 9.17) is 0 Å². The number of halogens is 1. The molecular weight excluding hydrogens is 397 g/mol. The SMILES string of the molecule is Cc1ccc(CNC(=O)Cn2c(-c3ccc(F)cc3)nc(C)c(CCO)c2=O)cc1C. The molecule has 0 aliphatic heterocycles. The average molecular weight is 423 g/mol. The summed E-state index contributed by atoms with van der Waals surface area (Å²) in [4.78, 5) is 30.3. The molecule has 0 aliphatic carbocycles. The molecule has 0 saturated carbocycles. The molecule has 2 N–H and O–H groups in total. The molecule has 0 aliphatic rings. The summed E-state index contributed by atoms with van der Waals surface area (Å²) in [6.07, 6.45) is 0.144. The molecule has 1 heterocycles. The summed E-state index contributed by atoms with van der Waals surface area (Å²) in [6, 6.07) is 11.6. The number of aliphatic hydroxyl groups is 1. The molecule has 0 fully saturated rings. The molecule has 1 aromatic heterocycles. The highest BCUT2D eigenvalue weighted by Crippen LogP contribution is 2.18. The van der Waals surface area contributed by atoms with Crippen molar-refractivity contribution < 1.29 is 14.3 Å². The van der Waals surface area contributed by atoms with E-state index < -0.39 is 5.82 Å². The smallest absolute Gasteiger partial charge is 0.257 e. The number of benzene rings is 2. The number of aromatic nitrogens is 2. The van der Waals surface area contributed by atoms with Gasteiger partial charge < -0.3 is 10.4 Å². The van der Waals surface area contributed by atoms with Gasteiger partial charge in [0.15, 0.2) is 0 Å². The normalized spacial score (nSPS) is 10.9. The minimum atomic E-state index is -0.405. The Morgan fingerprint density at radius 1 is 1.10 bits per heavy atom. The number of hydrogen-bond acceptors (Lipinski definition) is 4. The lowest BCUT2D eigenvalue weighted by atomic mass is 10.1. The Morgan fingerprint density at radius 3 is 2.45 bits per heavy atom. The predicted octanol–water partition coefficient (Wildman–Crippen LogP) is 2.83. The van der Waals surface area contributed by atoms with Gasteiger partial charge in [0.25, 0.3) is 5.56 Å². The molecule has 0 radical (unpaired) electrons. The molecule has 3 rings (SSSR count). The third kappa shape index (κ3) is 5.24. The van der Waals surface area contributed by atoms with Crippen molar-refractivity contribution in [1.82, 2.24) is 14.9 Å². The average Bonchev–Trinajstić information content (AvgIpc) is 2.74. The molecule has 31 heavy (non-hydrogen) atoms. The maximum Gasteiger partial charge on any atom is 0.257 e. The minimum absolute atomic E-state index is 0.144. The lowest BCUT2D eigenvalue weighted by Gasteiger charge is -2.16. The van der Waals surface area contributed by atoms with Gasteiger partial charge in [0.1, 0.15) is 18.2 Å². The van der Waals surface area contributed by atoms with Gasteiger partial charge in [-0.15, -0.1) is 0 Å². The topological polar surface area (TPSA) is 84.2 Å². The maximum atomic E-state index is 13.4. The number of hydrogen-bond donors (Lipinski definition) is 2. The number of amides is 1. The van der Waals surface area contributed by atoms with Crippen molar-refractivity contribution >= 4 is 5.91 Å². The summed E-state index contributed by atoms with van der Waals surface area (Å²) in [7, 11) is 0. The van der Waals surface area contributed by atoms with Crippen molar-refractivity contribution in [3.05, 3.63) is 86.6 Å². The van der Waals surface area contributed by atoms with Crippen LogP contribution in [-0.4, -0.2) is 27.2 Å². The van der Waals surface area contributed by atoms with Gasteiger partial charge in [-0.2, -0.15) is 0 Å². The second-order valence-electron chi connectivity index (χ2n) is 7.57. The number of aliphatic hydroxyl groups excluding tert-OH is 1. The quantitative estimate of drug-likeness (QED) is 0.612. The molecule has 0 saturated heterocycles. The van der Waals surface area contributed by atoms with Crippen LogP contribution in [0.4, 0.5) is 4.39 Å². The van der Waals surface area contributed by atoms with E-state index in [1.54, 1.807) is 6.92 Å². The van der Waals surface area contributed by atoms with E-state index in [0.29, 0.717) is 23.4 Å². The molecule has 0 unspecified atom stereocenters. The second-order valence-corrected chi connectivity index (χ2v) is 7.57. The third-order valence-electron chi connectivity index (χ3n) is 5.30.